The standard InChI is InChI=1S/C22H23ClN2O3/c1-2-3-13-28-18-11-9-17(10-12-18)22-24-21(23)19(14-20(26)27)25(22)15-16-7-5-4-6-8-16/h4-12H,2-3,13-15H2,1H3,(H,26,27). The maximum absolute atomic E-state index is 11.3. The monoisotopic (exact) mass is 398 g/mol. The van der Waals surface area contributed by atoms with Gasteiger partial charge in [0.15, 0.2) is 5.15 Å². The molecule has 0 spiro atoms. The van der Waals surface area contributed by atoms with Crippen LogP contribution in [-0.2, 0) is 17.8 Å². The first-order valence-electron chi connectivity index (χ1n) is 9.32. The van der Waals surface area contributed by atoms with E-state index < -0.39 is 5.97 Å². The quantitative estimate of drug-likeness (QED) is 0.512. The molecule has 2 aromatic carbocycles. The lowest BCUT2D eigenvalue weighted by Gasteiger charge is -2.12. The largest absolute Gasteiger partial charge is 0.494 e. The fourth-order valence-corrected chi connectivity index (χ4v) is 3.21. The van der Waals surface area contributed by atoms with E-state index in [1.54, 1.807) is 0 Å². The van der Waals surface area contributed by atoms with Gasteiger partial charge in [-0.25, -0.2) is 4.98 Å². The average Bonchev–Trinajstić information content (AvgIpc) is 2.99. The highest BCUT2D eigenvalue weighted by atomic mass is 35.5. The molecule has 0 aliphatic carbocycles. The van der Waals surface area contributed by atoms with Gasteiger partial charge in [-0.1, -0.05) is 55.3 Å². The zero-order valence-corrected chi connectivity index (χ0v) is 16.5. The molecule has 1 N–H and O–H groups in total. The second-order valence-corrected chi connectivity index (χ2v) is 6.90. The van der Waals surface area contributed by atoms with Gasteiger partial charge < -0.3 is 14.4 Å². The summed E-state index contributed by atoms with van der Waals surface area (Å²) in [5.74, 6) is 0.503. The zero-order chi connectivity index (χ0) is 19.9. The average molecular weight is 399 g/mol. The summed E-state index contributed by atoms with van der Waals surface area (Å²) in [6.45, 7) is 3.30. The Kier molecular flexibility index (Phi) is 6.71. The van der Waals surface area contributed by atoms with Crippen LogP contribution in [0.2, 0.25) is 5.15 Å². The van der Waals surface area contributed by atoms with Crippen molar-refractivity contribution in [2.45, 2.75) is 32.7 Å². The molecule has 0 unspecified atom stereocenters. The van der Waals surface area contributed by atoms with E-state index in [1.165, 1.54) is 0 Å². The highest BCUT2D eigenvalue weighted by molar-refractivity contribution is 6.30. The van der Waals surface area contributed by atoms with Crippen molar-refractivity contribution < 1.29 is 14.6 Å². The topological polar surface area (TPSA) is 64.3 Å². The Morgan fingerprint density at radius 2 is 1.86 bits per heavy atom. The van der Waals surface area contributed by atoms with E-state index in [-0.39, 0.29) is 11.6 Å². The molecule has 3 aromatic rings. The maximum atomic E-state index is 11.3. The van der Waals surface area contributed by atoms with Crippen molar-refractivity contribution in [3.8, 4) is 17.1 Å². The number of hydrogen-bond donors (Lipinski definition) is 1. The van der Waals surface area contributed by atoms with E-state index in [2.05, 4.69) is 11.9 Å². The molecule has 0 bridgehead atoms. The maximum Gasteiger partial charge on any atom is 0.309 e. The molecule has 146 valence electrons. The Labute approximate surface area is 169 Å². The molecule has 0 aliphatic heterocycles. The summed E-state index contributed by atoms with van der Waals surface area (Å²) in [6, 6.07) is 17.5. The highest BCUT2D eigenvalue weighted by Gasteiger charge is 2.19. The van der Waals surface area contributed by atoms with Crippen LogP contribution in [0.3, 0.4) is 0 Å². The zero-order valence-electron chi connectivity index (χ0n) is 15.8. The molecule has 0 radical (unpaired) electrons. The molecule has 5 nitrogen and oxygen atoms in total. The van der Waals surface area contributed by atoms with Crippen molar-refractivity contribution in [1.29, 1.82) is 0 Å². The van der Waals surface area contributed by atoms with Gasteiger partial charge in [0.1, 0.15) is 11.6 Å². The minimum absolute atomic E-state index is 0.184. The minimum Gasteiger partial charge on any atom is -0.494 e. The third-order valence-corrected chi connectivity index (χ3v) is 4.71. The molecule has 28 heavy (non-hydrogen) atoms. The van der Waals surface area contributed by atoms with Gasteiger partial charge in [0.25, 0.3) is 0 Å². The van der Waals surface area contributed by atoms with E-state index in [0.29, 0.717) is 24.7 Å². The fraction of sp³-hybridized carbons (Fsp3) is 0.273. The summed E-state index contributed by atoms with van der Waals surface area (Å²) in [5.41, 5.74) is 2.40. The van der Waals surface area contributed by atoms with Gasteiger partial charge in [-0.3, -0.25) is 4.79 Å². The third kappa shape index (κ3) is 4.93. The van der Waals surface area contributed by atoms with E-state index in [1.807, 2.05) is 59.2 Å². The number of carbonyl (C=O) groups is 1. The molecule has 0 saturated carbocycles. The first kappa shape index (κ1) is 20.0. The Morgan fingerprint density at radius 3 is 2.50 bits per heavy atom. The van der Waals surface area contributed by atoms with Crippen molar-refractivity contribution in [1.82, 2.24) is 9.55 Å². The number of aliphatic carboxylic acids is 1. The van der Waals surface area contributed by atoms with Crippen LogP contribution in [0.5, 0.6) is 5.75 Å². The number of imidazole rings is 1. The number of nitrogens with zero attached hydrogens (tertiary/aromatic N) is 2. The molecule has 6 heteroatoms. The van der Waals surface area contributed by atoms with Crippen molar-refractivity contribution >= 4 is 17.6 Å². The molecule has 3 rings (SSSR count). The molecule has 0 aliphatic rings. The van der Waals surface area contributed by atoms with Gasteiger partial charge in [0, 0.05) is 12.1 Å². The van der Waals surface area contributed by atoms with Crippen molar-refractivity contribution in [3.63, 3.8) is 0 Å². The van der Waals surface area contributed by atoms with E-state index >= 15 is 0 Å². The van der Waals surface area contributed by atoms with Gasteiger partial charge in [-0.05, 0) is 36.2 Å². The summed E-state index contributed by atoms with van der Waals surface area (Å²) in [6.07, 6.45) is 1.91. The van der Waals surface area contributed by atoms with Gasteiger partial charge in [0.2, 0.25) is 0 Å². The normalized spacial score (nSPS) is 10.8. The Balaban J connectivity index is 1.94. The van der Waals surface area contributed by atoms with Crippen LogP contribution >= 0.6 is 11.6 Å². The number of benzene rings is 2. The number of ether oxygens (including phenoxy) is 1. The van der Waals surface area contributed by atoms with Crippen LogP contribution in [0, 0.1) is 0 Å². The predicted molar refractivity (Wildman–Crippen MR) is 110 cm³/mol. The Hall–Kier alpha value is -2.79. The van der Waals surface area contributed by atoms with Crippen LogP contribution in [0.25, 0.3) is 11.4 Å². The molecular weight excluding hydrogens is 376 g/mol. The summed E-state index contributed by atoms with van der Waals surface area (Å²) in [5, 5.41) is 9.50. The predicted octanol–water partition coefficient (Wildman–Crippen LogP) is 5.06. The number of halogens is 1. The first-order chi connectivity index (χ1) is 13.6. The molecule has 1 heterocycles. The summed E-state index contributed by atoms with van der Waals surface area (Å²) in [4.78, 5) is 15.8. The van der Waals surface area contributed by atoms with Gasteiger partial charge in [-0.15, -0.1) is 0 Å². The van der Waals surface area contributed by atoms with Gasteiger partial charge in [-0.2, -0.15) is 0 Å². The lowest BCUT2D eigenvalue weighted by atomic mass is 10.1. The highest BCUT2D eigenvalue weighted by Crippen LogP contribution is 2.28. The van der Waals surface area contributed by atoms with Crippen LogP contribution in [0.15, 0.2) is 54.6 Å². The van der Waals surface area contributed by atoms with Crippen molar-refractivity contribution in [2.24, 2.45) is 0 Å². The van der Waals surface area contributed by atoms with E-state index in [4.69, 9.17) is 16.3 Å². The Bertz CT molecular complexity index is 921. The van der Waals surface area contributed by atoms with Crippen molar-refractivity contribution in [2.75, 3.05) is 6.61 Å². The number of carboxylic acids is 1. The lowest BCUT2D eigenvalue weighted by Crippen LogP contribution is -2.11. The molecule has 0 atom stereocenters. The molecule has 0 fully saturated rings. The van der Waals surface area contributed by atoms with Gasteiger partial charge in [0.05, 0.1) is 18.7 Å². The first-order valence-corrected chi connectivity index (χ1v) is 9.70. The summed E-state index contributed by atoms with van der Waals surface area (Å²) < 4.78 is 7.59. The summed E-state index contributed by atoms with van der Waals surface area (Å²) in [7, 11) is 0. The van der Waals surface area contributed by atoms with Crippen molar-refractivity contribution in [3.05, 3.63) is 71.0 Å². The van der Waals surface area contributed by atoms with Gasteiger partial charge >= 0.3 is 5.97 Å². The molecule has 0 amide bonds. The van der Waals surface area contributed by atoms with Crippen LogP contribution in [0.1, 0.15) is 31.0 Å². The van der Waals surface area contributed by atoms with E-state index in [9.17, 15) is 9.90 Å². The smallest absolute Gasteiger partial charge is 0.309 e. The van der Waals surface area contributed by atoms with Crippen LogP contribution < -0.4 is 4.74 Å². The summed E-state index contributed by atoms with van der Waals surface area (Å²) >= 11 is 6.31. The van der Waals surface area contributed by atoms with Crippen LogP contribution in [0.4, 0.5) is 0 Å². The molecule has 0 saturated heterocycles. The fourth-order valence-electron chi connectivity index (χ4n) is 2.96. The van der Waals surface area contributed by atoms with Crippen LogP contribution in [-0.4, -0.2) is 27.2 Å². The minimum atomic E-state index is -0.942. The number of carboxylic acid groups (broad SMARTS) is 1. The SMILES string of the molecule is CCCCOc1ccc(-c2nc(Cl)c(CC(=O)O)n2Cc2ccccc2)cc1. The Morgan fingerprint density at radius 1 is 1.14 bits per heavy atom. The lowest BCUT2D eigenvalue weighted by molar-refractivity contribution is -0.136. The number of rotatable bonds is 9. The second kappa shape index (κ2) is 9.42. The third-order valence-electron chi connectivity index (χ3n) is 4.40. The van der Waals surface area contributed by atoms with E-state index in [0.717, 1.165) is 29.7 Å². The second-order valence-electron chi connectivity index (χ2n) is 6.54. The number of unbranched alkanes of at least 4 members (excludes halogenated alkanes) is 1. The number of aromatic nitrogens is 2. The molecular formula is C22H23ClN2O3. The molecule has 1 aromatic heterocycles. The number of hydrogen-bond acceptors (Lipinski definition) is 3.